The van der Waals surface area contributed by atoms with Crippen LogP contribution in [0.1, 0.15) is 25.7 Å². The fourth-order valence-electron chi connectivity index (χ4n) is 2.34. The van der Waals surface area contributed by atoms with Crippen LogP contribution >= 0.6 is 0 Å². The molecule has 2 atom stereocenters. The molecule has 2 bridgehead atoms. The van der Waals surface area contributed by atoms with Gasteiger partial charge >= 0.3 is 0 Å². The Hall–Kier alpha value is -0.670. The number of nitrogens with zero attached hydrogens (tertiary/aromatic N) is 1. The topological polar surface area (TPSA) is 20.3 Å². The van der Waals surface area contributed by atoms with Crippen molar-refractivity contribution in [2.45, 2.75) is 43.7 Å². The highest BCUT2D eigenvalue weighted by atomic mass is 19.3. The van der Waals surface area contributed by atoms with Crippen LogP contribution in [0.15, 0.2) is 0 Å². The third kappa shape index (κ3) is 1.09. The summed E-state index contributed by atoms with van der Waals surface area (Å²) in [6, 6.07) is -0.396. The Kier molecular flexibility index (Phi) is 1.59. The van der Waals surface area contributed by atoms with Crippen molar-refractivity contribution in [1.82, 2.24) is 4.90 Å². The molecule has 0 spiro atoms. The van der Waals surface area contributed by atoms with E-state index in [0.29, 0.717) is 0 Å². The van der Waals surface area contributed by atoms with Crippen LogP contribution in [-0.4, -0.2) is 29.3 Å². The molecule has 0 aromatic rings. The number of hydrogen-bond donors (Lipinski definition) is 0. The minimum atomic E-state index is -2.54. The lowest BCUT2D eigenvalue weighted by molar-refractivity contribution is -0.131. The van der Waals surface area contributed by atoms with Gasteiger partial charge in [0.1, 0.15) is 0 Å². The second-order valence-corrected chi connectivity index (χ2v) is 3.70. The van der Waals surface area contributed by atoms with E-state index >= 15 is 0 Å². The van der Waals surface area contributed by atoms with Crippen LogP contribution in [-0.2, 0) is 4.79 Å². The first-order valence-electron chi connectivity index (χ1n) is 4.23. The van der Waals surface area contributed by atoms with Gasteiger partial charge in [0.2, 0.25) is 6.41 Å². The van der Waals surface area contributed by atoms with Crippen LogP contribution in [0.5, 0.6) is 0 Å². The highest BCUT2D eigenvalue weighted by Crippen LogP contribution is 2.42. The van der Waals surface area contributed by atoms with Gasteiger partial charge in [0.15, 0.2) is 0 Å². The van der Waals surface area contributed by atoms with Gasteiger partial charge in [0, 0.05) is 24.9 Å². The third-order valence-electron chi connectivity index (χ3n) is 2.87. The van der Waals surface area contributed by atoms with Crippen molar-refractivity contribution in [1.29, 1.82) is 0 Å². The molecule has 2 saturated heterocycles. The Morgan fingerprint density at radius 3 is 2.17 bits per heavy atom. The highest BCUT2D eigenvalue weighted by molar-refractivity contribution is 5.50. The van der Waals surface area contributed by atoms with Crippen LogP contribution < -0.4 is 0 Å². The number of carbonyl (C=O) groups is 1. The molecular formula is C8H11F2NO. The number of amides is 1. The first-order valence-corrected chi connectivity index (χ1v) is 4.23. The molecule has 0 aromatic heterocycles. The quantitative estimate of drug-likeness (QED) is 0.552. The average Bonchev–Trinajstić information content (AvgIpc) is 2.23. The first-order chi connectivity index (χ1) is 5.62. The lowest BCUT2D eigenvalue weighted by Gasteiger charge is -2.36. The zero-order valence-electron chi connectivity index (χ0n) is 6.67. The van der Waals surface area contributed by atoms with E-state index in [1.807, 2.05) is 0 Å². The zero-order chi connectivity index (χ0) is 8.77. The van der Waals surface area contributed by atoms with Crippen molar-refractivity contribution in [3.8, 4) is 0 Å². The van der Waals surface area contributed by atoms with Crippen LogP contribution in [0.4, 0.5) is 8.78 Å². The average molecular weight is 175 g/mol. The summed E-state index contributed by atoms with van der Waals surface area (Å²) < 4.78 is 25.8. The second kappa shape index (κ2) is 2.41. The number of piperidine rings is 1. The Morgan fingerprint density at radius 1 is 1.25 bits per heavy atom. The Labute approximate surface area is 69.5 Å². The summed E-state index contributed by atoms with van der Waals surface area (Å²) in [5, 5.41) is 0. The van der Waals surface area contributed by atoms with Gasteiger partial charge in [-0.05, 0) is 12.8 Å². The second-order valence-electron chi connectivity index (χ2n) is 3.70. The van der Waals surface area contributed by atoms with Gasteiger partial charge in [-0.15, -0.1) is 0 Å². The molecule has 0 saturated carbocycles. The van der Waals surface area contributed by atoms with E-state index in [1.54, 1.807) is 4.90 Å². The lowest BCUT2D eigenvalue weighted by atomic mass is 10.00. The molecule has 2 fully saturated rings. The predicted molar refractivity (Wildman–Crippen MR) is 38.9 cm³/mol. The summed E-state index contributed by atoms with van der Waals surface area (Å²) in [5.41, 5.74) is 0. The van der Waals surface area contributed by atoms with Gasteiger partial charge in [-0.25, -0.2) is 8.78 Å². The molecule has 2 rings (SSSR count). The molecule has 2 unspecified atom stereocenters. The molecule has 0 aliphatic carbocycles. The van der Waals surface area contributed by atoms with E-state index in [4.69, 9.17) is 0 Å². The van der Waals surface area contributed by atoms with Gasteiger partial charge in [-0.2, -0.15) is 0 Å². The summed E-state index contributed by atoms with van der Waals surface area (Å²) >= 11 is 0. The fourth-order valence-corrected chi connectivity index (χ4v) is 2.34. The number of carbonyl (C=O) groups excluding carboxylic acids is 1. The molecule has 0 aromatic carbocycles. The number of rotatable bonds is 1. The standard InChI is InChI=1S/C8H11F2NO/c9-8(10)3-6-1-2-7(4-8)11(6)5-12/h5-7H,1-4H2. The van der Waals surface area contributed by atoms with E-state index < -0.39 is 5.92 Å². The van der Waals surface area contributed by atoms with E-state index in [9.17, 15) is 13.6 Å². The van der Waals surface area contributed by atoms with Crippen molar-refractivity contribution in [2.24, 2.45) is 0 Å². The molecule has 2 aliphatic heterocycles. The van der Waals surface area contributed by atoms with Crippen molar-refractivity contribution in [3.05, 3.63) is 0 Å². The van der Waals surface area contributed by atoms with Crippen molar-refractivity contribution in [3.63, 3.8) is 0 Å². The number of fused-ring (bicyclic) bond motifs is 2. The molecule has 0 N–H and O–H groups in total. The van der Waals surface area contributed by atoms with E-state index in [0.717, 1.165) is 19.3 Å². The Bertz CT molecular complexity index is 191. The summed E-state index contributed by atoms with van der Waals surface area (Å²) in [7, 11) is 0. The van der Waals surface area contributed by atoms with Crippen LogP contribution in [0, 0.1) is 0 Å². The van der Waals surface area contributed by atoms with Crippen LogP contribution in [0.25, 0.3) is 0 Å². The first kappa shape index (κ1) is 7.95. The minimum absolute atomic E-state index is 0.137. The molecule has 0 radical (unpaired) electrons. The molecule has 4 heteroatoms. The Balaban J connectivity index is 2.16. The van der Waals surface area contributed by atoms with Crippen LogP contribution in [0.2, 0.25) is 0 Å². The maximum atomic E-state index is 12.9. The summed E-state index contributed by atoms with van der Waals surface area (Å²) in [4.78, 5) is 12.1. The summed E-state index contributed by atoms with van der Waals surface area (Å²) in [5.74, 6) is -2.54. The van der Waals surface area contributed by atoms with Crippen LogP contribution in [0.3, 0.4) is 0 Å². The fraction of sp³-hybridized carbons (Fsp3) is 0.875. The van der Waals surface area contributed by atoms with E-state index in [2.05, 4.69) is 0 Å². The molecule has 68 valence electrons. The molecule has 12 heavy (non-hydrogen) atoms. The van der Waals surface area contributed by atoms with Crippen molar-refractivity contribution < 1.29 is 13.6 Å². The smallest absolute Gasteiger partial charge is 0.252 e. The molecule has 1 amide bonds. The van der Waals surface area contributed by atoms with Gasteiger partial charge in [0.05, 0.1) is 0 Å². The minimum Gasteiger partial charge on any atom is -0.339 e. The van der Waals surface area contributed by atoms with Crippen molar-refractivity contribution >= 4 is 6.41 Å². The lowest BCUT2D eigenvalue weighted by Crippen LogP contribution is -2.46. The molecule has 2 aliphatic rings. The van der Waals surface area contributed by atoms with Gasteiger partial charge < -0.3 is 4.90 Å². The number of halogens is 2. The summed E-state index contributed by atoms with van der Waals surface area (Å²) in [6.07, 6.45) is 1.94. The van der Waals surface area contributed by atoms with Gasteiger partial charge in [-0.3, -0.25) is 4.79 Å². The SMILES string of the molecule is O=CN1C2CCC1CC(F)(F)C2. The van der Waals surface area contributed by atoms with Gasteiger partial charge in [0.25, 0.3) is 5.92 Å². The molecule has 2 nitrogen and oxygen atoms in total. The summed E-state index contributed by atoms with van der Waals surface area (Å²) in [6.45, 7) is 0. The maximum Gasteiger partial charge on any atom is 0.252 e. The predicted octanol–water partition coefficient (Wildman–Crippen LogP) is 1.40. The largest absolute Gasteiger partial charge is 0.339 e. The number of alkyl halides is 2. The maximum absolute atomic E-state index is 12.9. The van der Waals surface area contributed by atoms with E-state index in [-0.39, 0.29) is 24.9 Å². The van der Waals surface area contributed by atoms with Crippen molar-refractivity contribution in [2.75, 3.05) is 0 Å². The van der Waals surface area contributed by atoms with Gasteiger partial charge in [-0.1, -0.05) is 0 Å². The normalized spacial score (nSPS) is 38.3. The zero-order valence-corrected chi connectivity index (χ0v) is 6.67. The molecule has 2 heterocycles. The highest BCUT2D eigenvalue weighted by Gasteiger charge is 2.48. The van der Waals surface area contributed by atoms with E-state index in [1.165, 1.54) is 0 Å². The Morgan fingerprint density at radius 2 is 1.75 bits per heavy atom. The third-order valence-corrected chi connectivity index (χ3v) is 2.87. The monoisotopic (exact) mass is 175 g/mol. The number of hydrogen-bond acceptors (Lipinski definition) is 1. The molecular weight excluding hydrogens is 164 g/mol.